The summed E-state index contributed by atoms with van der Waals surface area (Å²) < 4.78 is 16.5. The Morgan fingerprint density at radius 1 is 1.00 bits per heavy atom. The van der Waals surface area contributed by atoms with Gasteiger partial charge < -0.3 is 19.2 Å². The Balaban J connectivity index is 1.79. The number of methoxy groups -OCH3 is 1. The van der Waals surface area contributed by atoms with E-state index >= 15 is 0 Å². The Bertz CT molecular complexity index is 531. The van der Waals surface area contributed by atoms with Gasteiger partial charge in [-0.2, -0.15) is 0 Å². The van der Waals surface area contributed by atoms with Crippen molar-refractivity contribution >= 4 is 0 Å². The van der Waals surface area contributed by atoms with Gasteiger partial charge in [0.05, 0.1) is 13.7 Å². The van der Waals surface area contributed by atoms with E-state index in [9.17, 15) is 0 Å². The Morgan fingerprint density at radius 3 is 2.33 bits per heavy atom. The van der Waals surface area contributed by atoms with Crippen molar-refractivity contribution in [3.05, 3.63) is 47.9 Å². The zero-order chi connectivity index (χ0) is 15.1. The van der Waals surface area contributed by atoms with E-state index in [4.69, 9.17) is 13.9 Å². The van der Waals surface area contributed by atoms with E-state index in [0.717, 1.165) is 36.1 Å². The lowest BCUT2D eigenvalue weighted by molar-refractivity contribution is 0.264. The third kappa shape index (κ3) is 5.16. The molecule has 0 aliphatic carbocycles. The van der Waals surface area contributed by atoms with Gasteiger partial charge in [0, 0.05) is 0 Å². The van der Waals surface area contributed by atoms with Gasteiger partial charge in [0.2, 0.25) is 0 Å². The molecular weight excluding hydrogens is 266 g/mol. The van der Waals surface area contributed by atoms with Crippen molar-refractivity contribution in [2.75, 3.05) is 13.7 Å². The molecule has 114 valence electrons. The maximum absolute atomic E-state index is 5.72. The lowest BCUT2D eigenvalue weighted by Crippen LogP contribution is -2.18. The number of rotatable bonds is 8. The van der Waals surface area contributed by atoms with Gasteiger partial charge in [-0.3, -0.25) is 0 Å². The van der Waals surface area contributed by atoms with Crippen molar-refractivity contribution in [1.29, 1.82) is 0 Å². The summed E-state index contributed by atoms with van der Waals surface area (Å²) in [4.78, 5) is 0. The zero-order valence-corrected chi connectivity index (χ0v) is 12.9. The van der Waals surface area contributed by atoms with Crippen LogP contribution in [0, 0.1) is 5.92 Å². The van der Waals surface area contributed by atoms with Crippen LogP contribution in [0.1, 0.15) is 25.4 Å². The summed E-state index contributed by atoms with van der Waals surface area (Å²) in [5, 5.41) is 3.35. The molecule has 2 aromatic rings. The number of furan rings is 1. The molecule has 2 rings (SSSR count). The lowest BCUT2D eigenvalue weighted by atomic mass is 10.2. The Kier molecular flexibility index (Phi) is 5.69. The molecule has 0 radical (unpaired) electrons. The van der Waals surface area contributed by atoms with E-state index < -0.39 is 0 Å². The lowest BCUT2D eigenvalue weighted by Gasteiger charge is -2.06. The molecule has 1 aromatic carbocycles. The molecule has 1 N–H and O–H groups in total. The summed E-state index contributed by atoms with van der Waals surface area (Å²) in [5.41, 5.74) is 0. The quantitative estimate of drug-likeness (QED) is 0.806. The van der Waals surface area contributed by atoms with E-state index in [-0.39, 0.29) is 0 Å². The minimum atomic E-state index is 0.427. The average molecular weight is 289 g/mol. The van der Waals surface area contributed by atoms with Crippen LogP contribution in [-0.2, 0) is 13.2 Å². The second kappa shape index (κ2) is 7.74. The predicted molar refractivity (Wildman–Crippen MR) is 82.6 cm³/mol. The molecular formula is C17H23NO3. The molecule has 0 amide bonds. The smallest absolute Gasteiger partial charge is 0.146 e. The topological polar surface area (TPSA) is 43.6 Å². The summed E-state index contributed by atoms with van der Waals surface area (Å²) >= 11 is 0. The number of nitrogens with one attached hydrogen (secondary N) is 1. The first-order valence-corrected chi connectivity index (χ1v) is 7.22. The van der Waals surface area contributed by atoms with Crippen LogP contribution in [0.3, 0.4) is 0 Å². The van der Waals surface area contributed by atoms with E-state index in [1.807, 2.05) is 36.4 Å². The second-order valence-electron chi connectivity index (χ2n) is 5.36. The van der Waals surface area contributed by atoms with E-state index in [1.54, 1.807) is 7.11 Å². The van der Waals surface area contributed by atoms with Crippen molar-refractivity contribution < 1.29 is 13.9 Å². The molecule has 0 fully saturated rings. The molecule has 0 aliphatic rings. The molecule has 0 aliphatic heterocycles. The molecule has 4 heteroatoms. The van der Waals surface area contributed by atoms with E-state index in [1.165, 1.54) is 0 Å². The van der Waals surface area contributed by atoms with Gasteiger partial charge >= 0.3 is 0 Å². The first-order chi connectivity index (χ1) is 10.2. The Hall–Kier alpha value is -1.94. The fourth-order valence-corrected chi connectivity index (χ4v) is 1.91. The summed E-state index contributed by atoms with van der Waals surface area (Å²) in [6.07, 6.45) is 0. The molecule has 0 saturated heterocycles. The Morgan fingerprint density at radius 2 is 1.67 bits per heavy atom. The number of ether oxygens (including phenoxy) is 2. The Labute approximate surface area is 126 Å². The predicted octanol–water partition coefficient (Wildman–Crippen LogP) is 3.61. The van der Waals surface area contributed by atoms with Crippen LogP contribution in [0.25, 0.3) is 0 Å². The zero-order valence-electron chi connectivity index (χ0n) is 12.9. The van der Waals surface area contributed by atoms with Crippen LogP contribution in [-0.4, -0.2) is 13.7 Å². The van der Waals surface area contributed by atoms with Gasteiger partial charge in [-0.1, -0.05) is 13.8 Å². The molecule has 4 nitrogen and oxygen atoms in total. The summed E-state index contributed by atoms with van der Waals surface area (Å²) in [6, 6.07) is 11.5. The van der Waals surface area contributed by atoms with Gasteiger partial charge in [-0.25, -0.2) is 0 Å². The first-order valence-electron chi connectivity index (χ1n) is 7.22. The molecule has 0 atom stereocenters. The molecule has 21 heavy (non-hydrogen) atoms. The van der Waals surface area contributed by atoms with Gasteiger partial charge in [0.1, 0.15) is 29.6 Å². The molecule has 0 spiro atoms. The monoisotopic (exact) mass is 289 g/mol. The normalized spacial score (nSPS) is 10.9. The molecule has 1 aromatic heterocycles. The van der Waals surface area contributed by atoms with Crippen LogP contribution < -0.4 is 14.8 Å². The average Bonchev–Trinajstić information content (AvgIpc) is 2.93. The molecule has 0 unspecified atom stereocenters. The molecule has 0 bridgehead atoms. The van der Waals surface area contributed by atoms with Crippen molar-refractivity contribution in [3.8, 4) is 11.5 Å². The van der Waals surface area contributed by atoms with E-state index in [2.05, 4.69) is 19.2 Å². The standard InChI is InChI=1S/C17H23NO3/c1-13(2)10-18-11-16-8-9-17(21-16)12-20-15-6-4-14(19-3)5-7-15/h4-9,13,18H,10-12H2,1-3H3. The number of hydrogen-bond donors (Lipinski definition) is 1. The summed E-state index contributed by atoms with van der Waals surface area (Å²) in [5.74, 6) is 4.01. The van der Waals surface area contributed by atoms with Crippen molar-refractivity contribution in [2.24, 2.45) is 5.92 Å². The van der Waals surface area contributed by atoms with Gasteiger partial charge in [-0.15, -0.1) is 0 Å². The first kappa shape index (κ1) is 15.4. The highest BCUT2D eigenvalue weighted by Crippen LogP contribution is 2.18. The van der Waals surface area contributed by atoms with Gasteiger partial charge in [0.25, 0.3) is 0 Å². The van der Waals surface area contributed by atoms with Crippen molar-refractivity contribution in [1.82, 2.24) is 5.32 Å². The van der Waals surface area contributed by atoms with Crippen molar-refractivity contribution in [3.63, 3.8) is 0 Å². The van der Waals surface area contributed by atoms with Crippen LogP contribution in [0.2, 0.25) is 0 Å². The highest BCUT2D eigenvalue weighted by atomic mass is 16.5. The molecule has 0 saturated carbocycles. The third-order valence-corrected chi connectivity index (χ3v) is 3.01. The van der Waals surface area contributed by atoms with Crippen LogP contribution in [0.15, 0.2) is 40.8 Å². The highest BCUT2D eigenvalue weighted by molar-refractivity contribution is 5.31. The minimum absolute atomic E-state index is 0.427. The maximum Gasteiger partial charge on any atom is 0.146 e. The largest absolute Gasteiger partial charge is 0.497 e. The fourth-order valence-electron chi connectivity index (χ4n) is 1.91. The second-order valence-corrected chi connectivity index (χ2v) is 5.36. The number of hydrogen-bond acceptors (Lipinski definition) is 4. The van der Waals surface area contributed by atoms with Crippen LogP contribution in [0.4, 0.5) is 0 Å². The molecule has 1 heterocycles. The van der Waals surface area contributed by atoms with E-state index in [0.29, 0.717) is 12.5 Å². The van der Waals surface area contributed by atoms with Gasteiger partial charge in [0.15, 0.2) is 0 Å². The van der Waals surface area contributed by atoms with Crippen LogP contribution >= 0.6 is 0 Å². The number of benzene rings is 1. The van der Waals surface area contributed by atoms with Crippen LogP contribution in [0.5, 0.6) is 11.5 Å². The highest BCUT2D eigenvalue weighted by Gasteiger charge is 2.04. The SMILES string of the molecule is COc1ccc(OCc2ccc(CNCC(C)C)o2)cc1. The fraction of sp³-hybridized carbons (Fsp3) is 0.412. The minimum Gasteiger partial charge on any atom is -0.497 e. The summed E-state index contributed by atoms with van der Waals surface area (Å²) in [7, 11) is 1.65. The van der Waals surface area contributed by atoms with Crippen molar-refractivity contribution in [2.45, 2.75) is 27.0 Å². The maximum atomic E-state index is 5.72. The van der Waals surface area contributed by atoms with Gasteiger partial charge in [-0.05, 0) is 48.9 Å². The summed E-state index contributed by atoms with van der Waals surface area (Å²) in [6.45, 7) is 6.53. The third-order valence-electron chi connectivity index (χ3n) is 3.01.